The van der Waals surface area contributed by atoms with Crippen molar-refractivity contribution in [2.45, 2.75) is 19.3 Å². The van der Waals surface area contributed by atoms with Crippen molar-refractivity contribution in [3.8, 4) is 5.95 Å². The van der Waals surface area contributed by atoms with Crippen molar-refractivity contribution in [1.29, 1.82) is 0 Å². The molecule has 2 aromatic rings. The van der Waals surface area contributed by atoms with Crippen LogP contribution < -0.4 is 10.6 Å². The predicted molar refractivity (Wildman–Crippen MR) is 78.0 cm³/mol. The van der Waals surface area contributed by atoms with Gasteiger partial charge in [0.15, 0.2) is 0 Å². The second-order valence-corrected chi connectivity index (χ2v) is 5.21. The highest BCUT2D eigenvalue weighted by atomic mass is 16.3. The van der Waals surface area contributed by atoms with Gasteiger partial charge in [-0.2, -0.15) is 20.1 Å². The summed E-state index contributed by atoms with van der Waals surface area (Å²) in [5.74, 6) is 1.66. The lowest BCUT2D eigenvalue weighted by atomic mass is 9.95. The van der Waals surface area contributed by atoms with Crippen molar-refractivity contribution in [2.24, 2.45) is 5.92 Å². The number of rotatable bonds is 4. The van der Waals surface area contributed by atoms with Gasteiger partial charge in [-0.05, 0) is 31.2 Å². The average Bonchev–Trinajstić information content (AvgIpc) is 3.01. The number of hydrogen-bond acceptors (Lipinski definition) is 7. The van der Waals surface area contributed by atoms with Crippen molar-refractivity contribution in [1.82, 2.24) is 24.7 Å². The lowest BCUT2D eigenvalue weighted by Gasteiger charge is -2.32. The van der Waals surface area contributed by atoms with Crippen molar-refractivity contribution >= 4 is 11.9 Å². The average molecular weight is 289 g/mol. The molecule has 3 rings (SSSR count). The number of nitrogens with two attached hydrogens (primary N) is 1. The summed E-state index contributed by atoms with van der Waals surface area (Å²) in [7, 11) is 0. The maximum atomic E-state index is 9.10. The summed E-state index contributed by atoms with van der Waals surface area (Å²) in [5.41, 5.74) is 5.80. The fourth-order valence-electron chi connectivity index (χ4n) is 2.67. The second kappa shape index (κ2) is 6.04. The Balaban J connectivity index is 1.84. The highest BCUT2D eigenvalue weighted by molar-refractivity contribution is 5.38. The summed E-state index contributed by atoms with van der Waals surface area (Å²) < 4.78 is 1.57. The predicted octanol–water partition coefficient (Wildman–Crippen LogP) is 0.238. The number of aliphatic hydroxyl groups is 1. The maximum Gasteiger partial charge on any atom is 0.257 e. The van der Waals surface area contributed by atoms with Crippen LogP contribution in [0.1, 0.15) is 19.3 Å². The first-order valence-electron chi connectivity index (χ1n) is 7.13. The molecule has 21 heavy (non-hydrogen) atoms. The Bertz CT molecular complexity index is 584. The fraction of sp³-hybridized carbons (Fsp3) is 0.538. The zero-order chi connectivity index (χ0) is 14.7. The third-order valence-corrected chi connectivity index (χ3v) is 3.68. The molecular formula is C13H19N7O. The number of hydrogen-bond donors (Lipinski definition) is 2. The number of nitrogen functional groups attached to an aromatic ring is 1. The standard InChI is InChI=1S/C13H19N7O/c14-11-16-12(18-13(17-11)20-7-2-5-15-20)19-6-1-3-10(9-19)4-8-21/h2,5,7,10,21H,1,3-4,6,8-9H2,(H2,14,16,17,18). The van der Waals surface area contributed by atoms with Gasteiger partial charge in [-0.1, -0.05) is 0 Å². The zero-order valence-corrected chi connectivity index (χ0v) is 11.8. The number of anilines is 2. The van der Waals surface area contributed by atoms with Gasteiger partial charge in [0.2, 0.25) is 11.9 Å². The molecule has 0 spiro atoms. The lowest BCUT2D eigenvalue weighted by molar-refractivity contribution is 0.244. The molecule has 0 amide bonds. The summed E-state index contributed by atoms with van der Waals surface area (Å²) >= 11 is 0. The minimum atomic E-state index is 0.190. The van der Waals surface area contributed by atoms with Crippen LogP contribution in [0.2, 0.25) is 0 Å². The quantitative estimate of drug-likeness (QED) is 0.830. The van der Waals surface area contributed by atoms with Crippen LogP contribution in [0.4, 0.5) is 11.9 Å². The summed E-state index contributed by atoms with van der Waals surface area (Å²) in [6.07, 6.45) is 6.43. The second-order valence-electron chi connectivity index (χ2n) is 5.21. The molecule has 1 aliphatic rings. The van der Waals surface area contributed by atoms with E-state index in [1.807, 2.05) is 0 Å². The fourth-order valence-corrected chi connectivity index (χ4v) is 2.67. The Kier molecular flexibility index (Phi) is 3.96. The van der Waals surface area contributed by atoms with Gasteiger partial charge in [-0.25, -0.2) is 4.68 Å². The van der Waals surface area contributed by atoms with E-state index in [0.717, 1.165) is 32.4 Å². The largest absolute Gasteiger partial charge is 0.396 e. The van der Waals surface area contributed by atoms with Gasteiger partial charge in [0.05, 0.1) is 0 Å². The minimum absolute atomic E-state index is 0.190. The van der Waals surface area contributed by atoms with Crippen LogP contribution in [0.5, 0.6) is 0 Å². The van der Waals surface area contributed by atoms with Crippen LogP contribution in [0.25, 0.3) is 5.95 Å². The molecular weight excluding hydrogens is 270 g/mol. The van der Waals surface area contributed by atoms with Crippen LogP contribution in [-0.2, 0) is 0 Å². The third-order valence-electron chi connectivity index (χ3n) is 3.68. The van der Waals surface area contributed by atoms with E-state index in [1.54, 1.807) is 23.1 Å². The van der Waals surface area contributed by atoms with Gasteiger partial charge >= 0.3 is 0 Å². The van der Waals surface area contributed by atoms with Crippen LogP contribution in [0.15, 0.2) is 18.5 Å². The first-order valence-corrected chi connectivity index (χ1v) is 7.13. The van der Waals surface area contributed by atoms with Crippen LogP contribution in [-0.4, -0.2) is 49.5 Å². The molecule has 1 aliphatic heterocycles. The van der Waals surface area contributed by atoms with E-state index >= 15 is 0 Å². The highest BCUT2D eigenvalue weighted by Gasteiger charge is 2.22. The van der Waals surface area contributed by atoms with Crippen molar-refractivity contribution < 1.29 is 5.11 Å². The van der Waals surface area contributed by atoms with Gasteiger partial charge in [0, 0.05) is 32.1 Å². The van der Waals surface area contributed by atoms with Gasteiger partial charge in [-0.15, -0.1) is 0 Å². The van der Waals surface area contributed by atoms with Gasteiger partial charge < -0.3 is 15.7 Å². The van der Waals surface area contributed by atoms with E-state index in [1.165, 1.54) is 0 Å². The molecule has 8 nitrogen and oxygen atoms in total. The Labute approximate surface area is 122 Å². The minimum Gasteiger partial charge on any atom is -0.396 e. The third kappa shape index (κ3) is 3.10. The van der Waals surface area contributed by atoms with Crippen LogP contribution in [0, 0.1) is 5.92 Å². The molecule has 0 radical (unpaired) electrons. The highest BCUT2D eigenvalue weighted by Crippen LogP contribution is 2.23. The molecule has 0 aromatic carbocycles. The summed E-state index contributed by atoms with van der Waals surface area (Å²) in [6.45, 7) is 1.95. The normalized spacial score (nSPS) is 18.9. The van der Waals surface area contributed by atoms with Crippen LogP contribution in [0.3, 0.4) is 0 Å². The Morgan fingerprint density at radius 3 is 2.90 bits per heavy atom. The Hall–Kier alpha value is -2.22. The number of nitrogens with zero attached hydrogens (tertiary/aromatic N) is 6. The van der Waals surface area contributed by atoms with Crippen molar-refractivity contribution in [2.75, 3.05) is 30.3 Å². The molecule has 2 aromatic heterocycles. The topological polar surface area (TPSA) is 106 Å². The molecule has 8 heteroatoms. The summed E-state index contributed by atoms with van der Waals surface area (Å²) in [5, 5.41) is 13.2. The molecule has 3 N–H and O–H groups in total. The van der Waals surface area contributed by atoms with E-state index in [9.17, 15) is 0 Å². The molecule has 0 bridgehead atoms. The molecule has 3 heterocycles. The molecule has 1 saturated heterocycles. The van der Waals surface area contributed by atoms with Crippen LogP contribution >= 0.6 is 0 Å². The molecule has 0 aliphatic carbocycles. The molecule has 112 valence electrons. The van der Waals surface area contributed by atoms with E-state index in [4.69, 9.17) is 10.8 Å². The number of piperidine rings is 1. The van der Waals surface area contributed by atoms with Crippen molar-refractivity contribution in [3.63, 3.8) is 0 Å². The van der Waals surface area contributed by atoms with Crippen molar-refractivity contribution in [3.05, 3.63) is 18.5 Å². The monoisotopic (exact) mass is 289 g/mol. The molecule has 0 saturated carbocycles. The summed E-state index contributed by atoms with van der Waals surface area (Å²) in [6, 6.07) is 1.80. The number of aliphatic hydroxyl groups excluding tert-OH is 1. The van der Waals surface area contributed by atoms with Gasteiger partial charge in [-0.3, -0.25) is 0 Å². The van der Waals surface area contributed by atoms with E-state index in [0.29, 0.717) is 17.8 Å². The maximum absolute atomic E-state index is 9.10. The molecule has 1 fully saturated rings. The van der Waals surface area contributed by atoms with E-state index < -0.39 is 0 Å². The Morgan fingerprint density at radius 1 is 1.29 bits per heavy atom. The zero-order valence-electron chi connectivity index (χ0n) is 11.8. The Morgan fingerprint density at radius 2 is 2.14 bits per heavy atom. The smallest absolute Gasteiger partial charge is 0.257 e. The van der Waals surface area contributed by atoms with E-state index in [-0.39, 0.29) is 12.6 Å². The first kappa shape index (κ1) is 13.7. The summed E-state index contributed by atoms with van der Waals surface area (Å²) in [4.78, 5) is 14.9. The molecule has 1 unspecified atom stereocenters. The molecule has 1 atom stereocenters. The SMILES string of the molecule is Nc1nc(N2CCCC(CCO)C2)nc(-n2cccn2)n1. The van der Waals surface area contributed by atoms with Gasteiger partial charge in [0.25, 0.3) is 5.95 Å². The number of aromatic nitrogens is 5. The van der Waals surface area contributed by atoms with Gasteiger partial charge in [0.1, 0.15) is 0 Å². The van der Waals surface area contributed by atoms with E-state index in [2.05, 4.69) is 25.0 Å². The lowest BCUT2D eigenvalue weighted by Crippen LogP contribution is -2.37. The first-order chi connectivity index (χ1) is 10.3.